The predicted octanol–water partition coefficient (Wildman–Crippen LogP) is 1.42. The van der Waals surface area contributed by atoms with Crippen LogP contribution in [0.3, 0.4) is 0 Å². The molecule has 0 radical (unpaired) electrons. The van der Waals surface area contributed by atoms with E-state index in [1.54, 1.807) is 18.1 Å². The zero-order valence-corrected chi connectivity index (χ0v) is 16.8. The highest BCUT2D eigenvalue weighted by Crippen LogP contribution is 2.38. The number of nitrogens with zero attached hydrogens (tertiary/aromatic N) is 5. The van der Waals surface area contributed by atoms with Crippen molar-refractivity contribution in [3.63, 3.8) is 0 Å². The fraction of sp³-hybridized carbons (Fsp3) is 0.389. The summed E-state index contributed by atoms with van der Waals surface area (Å²) < 4.78 is 6.20. The number of aryl methyl sites for hydroxylation is 1. The number of aromatic nitrogens is 2. The number of ether oxygens (including phenoxy) is 1. The zero-order valence-electron chi connectivity index (χ0n) is 16.8. The van der Waals surface area contributed by atoms with Crippen LogP contribution in [-0.2, 0) is 11.8 Å². The number of methoxy groups -OCH3 is 1. The normalized spacial score (nSPS) is 14.2. The summed E-state index contributed by atoms with van der Waals surface area (Å²) in [7, 11) is 2.79. The van der Waals surface area contributed by atoms with Crippen LogP contribution in [0, 0.1) is 20.2 Å². The van der Waals surface area contributed by atoms with Crippen LogP contribution in [0.2, 0.25) is 0 Å². The third-order valence-corrected chi connectivity index (χ3v) is 5.00. The van der Waals surface area contributed by atoms with E-state index in [2.05, 4.69) is 15.2 Å². The Morgan fingerprint density at radius 3 is 2.39 bits per heavy atom. The first-order chi connectivity index (χ1) is 14.7. The van der Waals surface area contributed by atoms with E-state index < -0.39 is 27.2 Å². The van der Waals surface area contributed by atoms with Gasteiger partial charge in [0.1, 0.15) is 5.69 Å². The monoisotopic (exact) mass is 432 g/mol. The number of carbonyl (C=O) groups excluding carboxylic acids is 2. The number of hydrogen-bond acceptors (Lipinski definition) is 9. The molecule has 0 atom stereocenters. The average Bonchev–Trinajstić information content (AvgIpc) is 3.19. The molecule has 2 aromatic rings. The Bertz CT molecular complexity index is 1040. The molecule has 3 rings (SSSR count). The van der Waals surface area contributed by atoms with Crippen molar-refractivity contribution in [2.45, 2.75) is 18.9 Å². The van der Waals surface area contributed by atoms with E-state index in [0.29, 0.717) is 31.5 Å². The predicted molar refractivity (Wildman–Crippen MR) is 107 cm³/mol. The summed E-state index contributed by atoms with van der Waals surface area (Å²) in [5, 5.41) is 29.6. The van der Waals surface area contributed by atoms with Gasteiger partial charge in [0.25, 0.3) is 17.3 Å². The molecule has 13 heteroatoms. The van der Waals surface area contributed by atoms with Gasteiger partial charge in [0.05, 0.1) is 40.3 Å². The maximum atomic E-state index is 12.3. The number of carbonyl (C=O) groups is 2. The number of anilines is 1. The highest BCUT2D eigenvalue weighted by molar-refractivity contribution is 5.99. The molecule has 0 spiro atoms. The summed E-state index contributed by atoms with van der Waals surface area (Å²) in [5.41, 5.74) is -0.980. The van der Waals surface area contributed by atoms with Gasteiger partial charge in [-0.05, 0) is 12.8 Å². The van der Waals surface area contributed by atoms with Crippen LogP contribution in [0.4, 0.5) is 17.1 Å². The van der Waals surface area contributed by atoms with E-state index in [-0.39, 0.29) is 23.2 Å². The number of nitrogens with one attached hydrogen (secondary N) is 1. The highest BCUT2D eigenvalue weighted by atomic mass is 16.6. The topological polar surface area (TPSA) is 163 Å². The van der Waals surface area contributed by atoms with Crippen LogP contribution < -0.4 is 10.2 Å². The number of non-ortho nitro benzene ring substituents is 1. The molecule has 2 heterocycles. The van der Waals surface area contributed by atoms with Gasteiger partial charge in [-0.1, -0.05) is 0 Å². The third kappa shape index (κ3) is 4.60. The molecule has 1 aromatic carbocycles. The molecule has 31 heavy (non-hydrogen) atoms. The van der Waals surface area contributed by atoms with Crippen LogP contribution in [0.1, 0.15) is 33.6 Å². The van der Waals surface area contributed by atoms with Gasteiger partial charge in [-0.15, -0.1) is 0 Å². The quantitative estimate of drug-likeness (QED) is 0.404. The molecule has 0 aliphatic carbocycles. The second-order valence-electron chi connectivity index (χ2n) is 7.00. The van der Waals surface area contributed by atoms with E-state index in [9.17, 15) is 29.8 Å². The minimum absolute atomic E-state index is 0.0283. The van der Waals surface area contributed by atoms with Gasteiger partial charge in [0, 0.05) is 38.4 Å². The maximum absolute atomic E-state index is 12.3. The second-order valence-corrected chi connectivity index (χ2v) is 7.00. The van der Waals surface area contributed by atoms with Gasteiger partial charge in [-0.2, -0.15) is 5.10 Å². The largest absolute Gasteiger partial charge is 0.465 e. The zero-order chi connectivity index (χ0) is 22.7. The lowest BCUT2D eigenvalue weighted by atomic mass is 10.0. The number of nitro groups is 2. The molecule has 1 fully saturated rings. The van der Waals surface area contributed by atoms with Gasteiger partial charge in [0.2, 0.25) is 0 Å². The van der Waals surface area contributed by atoms with Crippen molar-refractivity contribution in [1.29, 1.82) is 0 Å². The fourth-order valence-corrected chi connectivity index (χ4v) is 3.50. The summed E-state index contributed by atoms with van der Waals surface area (Å²) in [6.07, 6.45) is 3.96. The number of rotatable bonds is 6. The molecular formula is C18H20N6O7. The Morgan fingerprint density at radius 1 is 1.19 bits per heavy atom. The first-order valence-electron chi connectivity index (χ1n) is 9.31. The number of nitro benzene ring substituents is 2. The van der Waals surface area contributed by atoms with E-state index in [1.807, 2.05) is 0 Å². The molecule has 1 saturated heterocycles. The summed E-state index contributed by atoms with van der Waals surface area (Å²) in [6, 6.07) is 1.63. The number of amides is 1. The Labute approximate surface area is 175 Å². The lowest BCUT2D eigenvalue weighted by Gasteiger charge is -2.34. The van der Waals surface area contributed by atoms with E-state index in [4.69, 9.17) is 0 Å². The molecule has 1 aromatic heterocycles. The van der Waals surface area contributed by atoms with Gasteiger partial charge in [0.15, 0.2) is 0 Å². The van der Waals surface area contributed by atoms with Crippen LogP contribution in [0.25, 0.3) is 0 Å². The first kappa shape index (κ1) is 21.7. The van der Waals surface area contributed by atoms with Gasteiger partial charge in [-0.25, -0.2) is 4.79 Å². The second kappa shape index (κ2) is 8.77. The summed E-state index contributed by atoms with van der Waals surface area (Å²) >= 11 is 0. The molecular weight excluding hydrogens is 412 g/mol. The van der Waals surface area contributed by atoms with Gasteiger partial charge in [-0.3, -0.25) is 29.7 Å². The minimum atomic E-state index is -0.909. The van der Waals surface area contributed by atoms with E-state index in [0.717, 1.165) is 19.2 Å². The van der Waals surface area contributed by atoms with E-state index >= 15 is 0 Å². The smallest absolute Gasteiger partial charge is 0.340 e. The maximum Gasteiger partial charge on any atom is 0.340 e. The average molecular weight is 432 g/mol. The lowest BCUT2D eigenvalue weighted by Crippen LogP contribution is -2.45. The molecule has 0 bridgehead atoms. The Morgan fingerprint density at radius 2 is 1.87 bits per heavy atom. The molecule has 0 unspecified atom stereocenters. The number of piperidine rings is 1. The van der Waals surface area contributed by atoms with E-state index in [1.165, 1.54) is 10.9 Å². The van der Waals surface area contributed by atoms with Crippen molar-refractivity contribution in [3.8, 4) is 0 Å². The lowest BCUT2D eigenvalue weighted by molar-refractivity contribution is -0.393. The van der Waals surface area contributed by atoms with Crippen LogP contribution in [-0.4, -0.2) is 57.7 Å². The van der Waals surface area contributed by atoms with Gasteiger partial charge < -0.3 is 15.0 Å². The van der Waals surface area contributed by atoms with Crippen LogP contribution in [0.15, 0.2) is 24.5 Å². The Kier molecular flexibility index (Phi) is 6.13. The minimum Gasteiger partial charge on any atom is -0.465 e. The van der Waals surface area contributed by atoms with Crippen LogP contribution >= 0.6 is 0 Å². The third-order valence-electron chi connectivity index (χ3n) is 5.00. The van der Waals surface area contributed by atoms with Crippen molar-refractivity contribution in [2.24, 2.45) is 7.05 Å². The molecule has 0 saturated carbocycles. The fourth-order valence-electron chi connectivity index (χ4n) is 3.50. The van der Waals surface area contributed by atoms with Crippen molar-refractivity contribution >= 4 is 28.9 Å². The molecule has 164 valence electrons. The van der Waals surface area contributed by atoms with Crippen molar-refractivity contribution < 1.29 is 24.2 Å². The SMILES string of the molecule is COC(=O)c1cc([N+](=O)[O-])cc([N+](=O)[O-])c1N1CCC(NC(=O)c2cnn(C)c2)CC1. The van der Waals surface area contributed by atoms with Gasteiger partial charge >= 0.3 is 5.97 Å². The standard InChI is InChI=1S/C18H20N6O7/c1-21-10-11(9-19-21)17(25)20-12-3-5-22(6-4-12)16-14(18(26)31-2)7-13(23(27)28)8-15(16)24(29)30/h7-10,12H,3-6H2,1-2H3,(H,20,25). The van der Waals surface area contributed by atoms with Crippen LogP contribution in [0.5, 0.6) is 0 Å². The molecule has 13 nitrogen and oxygen atoms in total. The van der Waals surface area contributed by atoms with Crippen molar-refractivity contribution in [2.75, 3.05) is 25.1 Å². The highest BCUT2D eigenvalue weighted by Gasteiger charge is 2.33. The number of hydrogen-bond donors (Lipinski definition) is 1. The molecule has 1 N–H and O–H groups in total. The molecule has 1 aliphatic rings. The van der Waals surface area contributed by atoms with Crippen molar-refractivity contribution in [1.82, 2.24) is 15.1 Å². The summed E-state index contributed by atoms with van der Waals surface area (Å²) in [6.45, 7) is 0.585. The Hall–Kier alpha value is -4.03. The molecule has 1 amide bonds. The van der Waals surface area contributed by atoms with Crippen molar-refractivity contribution in [3.05, 3.63) is 55.9 Å². The summed E-state index contributed by atoms with van der Waals surface area (Å²) in [4.78, 5) is 47.4. The molecule has 1 aliphatic heterocycles. The number of esters is 1. The Balaban J connectivity index is 1.83. The first-order valence-corrected chi connectivity index (χ1v) is 9.31. The number of benzene rings is 1. The summed E-state index contributed by atoms with van der Waals surface area (Å²) in [5.74, 6) is -1.18.